The Bertz CT molecular complexity index is 555. The lowest BCUT2D eigenvalue weighted by Gasteiger charge is -2.32. The van der Waals surface area contributed by atoms with E-state index in [1.54, 1.807) is 11.0 Å². The van der Waals surface area contributed by atoms with Gasteiger partial charge in [-0.2, -0.15) is 5.10 Å². The summed E-state index contributed by atoms with van der Waals surface area (Å²) >= 11 is 0. The molecule has 0 aliphatic carbocycles. The Morgan fingerprint density at radius 3 is 2.84 bits per heavy atom. The number of rotatable bonds is 3. The van der Waals surface area contributed by atoms with E-state index in [1.165, 1.54) is 12.8 Å². The minimum Gasteiger partial charge on any atom is -0.356 e. The van der Waals surface area contributed by atoms with Crippen molar-refractivity contribution in [3.05, 3.63) is 12.5 Å². The summed E-state index contributed by atoms with van der Waals surface area (Å²) < 4.78 is 1.79. The first-order valence-electron chi connectivity index (χ1n) is 6.87. The summed E-state index contributed by atoms with van der Waals surface area (Å²) in [6, 6.07) is 0. The minimum atomic E-state index is 0.771. The third-order valence-corrected chi connectivity index (χ3v) is 4.00. The van der Waals surface area contributed by atoms with Gasteiger partial charge < -0.3 is 10.6 Å². The predicted molar refractivity (Wildman–Crippen MR) is 74.9 cm³/mol. The summed E-state index contributed by atoms with van der Waals surface area (Å²) in [5, 5.41) is 5.31. The molecule has 1 saturated heterocycles. The zero-order valence-corrected chi connectivity index (χ0v) is 11.3. The van der Waals surface area contributed by atoms with E-state index < -0.39 is 0 Å². The summed E-state index contributed by atoms with van der Waals surface area (Å²) in [5.74, 6) is 1.79. The first-order valence-corrected chi connectivity index (χ1v) is 6.87. The van der Waals surface area contributed by atoms with E-state index in [0.717, 1.165) is 48.8 Å². The van der Waals surface area contributed by atoms with Crippen LogP contribution in [0.3, 0.4) is 0 Å². The Labute approximate surface area is 112 Å². The molecule has 1 aliphatic rings. The molecule has 0 bridgehead atoms. The molecule has 0 aromatic carbocycles. The monoisotopic (exact) mass is 260 g/mol. The highest BCUT2D eigenvalue weighted by Crippen LogP contribution is 2.27. The topological polar surface area (TPSA) is 72.9 Å². The lowest BCUT2D eigenvalue weighted by atomic mass is 9.93. The van der Waals surface area contributed by atoms with Crippen molar-refractivity contribution < 1.29 is 0 Å². The van der Waals surface area contributed by atoms with Crippen LogP contribution in [-0.4, -0.2) is 39.4 Å². The second-order valence-electron chi connectivity index (χ2n) is 5.21. The van der Waals surface area contributed by atoms with Crippen molar-refractivity contribution in [2.75, 3.05) is 24.5 Å². The third-order valence-electron chi connectivity index (χ3n) is 4.00. The molecule has 19 heavy (non-hydrogen) atoms. The first-order chi connectivity index (χ1) is 9.29. The first kappa shape index (κ1) is 12.3. The third kappa shape index (κ3) is 2.28. The maximum Gasteiger partial charge on any atom is 0.163 e. The molecule has 2 N–H and O–H groups in total. The van der Waals surface area contributed by atoms with Crippen molar-refractivity contribution in [3.8, 4) is 0 Å². The van der Waals surface area contributed by atoms with Gasteiger partial charge in [-0.1, -0.05) is 0 Å². The van der Waals surface area contributed by atoms with Gasteiger partial charge in [0, 0.05) is 20.1 Å². The van der Waals surface area contributed by atoms with E-state index in [0.29, 0.717) is 0 Å². The highest BCUT2D eigenvalue weighted by molar-refractivity contribution is 5.86. The average Bonchev–Trinajstić information content (AvgIpc) is 2.82. The number of piperidine rings is 1. The summed E-state index contributed by atoms with van der Waals surface area (Å²) in [6.07, 6.45) is 7.02. The van der Waals surface area contributed by atoms with Gasteiger partial charge >= 0.3 is 0 Å². The van der Waals surface area contributed by atoms with Gasteiger partial charge in [-0.05, 0) is 31.7 Å². The molecular formula is C13H20N6. The van der Waals surface area contributed by atoms with Gasteiger partial charge in [-0.15, -0.1) is 0 Å². The van der Waals surface area contributed by atoms with Crippen molar-refractivity contribution in [3.63, 3.8) is 0 Å². The average molecular weight is 260 g/mol. The minimum absolute atomic E-state index is 0.771. The van der Waals surface area contributed by atoms with Gasteiger partial charge in [0.15, 0.2) is 5.65 Å². The Kier molecular flexibility index (Phi) is 3.33. The summed E-state index contributed by atoms with van der Waals surface area (Å²) in [7, 11) is 1.91. The van der Waals surface area contributed by atoms with Gasteiger partial charge in [0.1, 0.15) is 12.1 Å². The van der Waals surface area contributed by atoms with E-state index in [2.05, 4.69) is 20.0 Å². The second kappa shape index (κ2) is 5.13. The van der Waals surface area contributed by atoms with Crippen molar-refractivity contribution in [1.29, 1.82) is 0 Å². The SMILES string of the molecule is Cn1ncc2c(N3CCC(CCN)CC3)ncnc21. The lowest BCUT2D eigenvalue weighted by molar-refractivity contribution is 0.385. The van der Waals surface area contributed by atoms with Crippen LogP contribution in [0.25, 0.3) is 11.0 Å². The zero-order chi connectivity index (χ0) is 13.2. The van der Waals surface area contributed by atoms with Gasteiger partial charge in [0.25, 0.3) is 0 Å². The largest absolute Gasteiger partial charge is 0.356 e. The van der Waals surface area contributed by atoms with Crippen LogP contribution in [0.5, 0.6) is 0 Å². The van der Waals surface area contributed by atoms with Crippen LogP contribution < -0.4 is 10.6 Å². The molecule has 1 aliphatic heterocycles. The number of anilines is 1. The summed E-state index contributed by atoms with van der Waals surface area (Å²) in [4.78, 5) is 11.1. The van der Waals surface area contributed by atoms with Gasteiger partial charge in [-0.25, -0.2) is 9.97 Å². The van der Waals surface area contributed by atoms with Crippen molar-refractivity contribution >= 4 is 16.9 Å². The van der Waals surface area contributed by atoms with Crippen LogP contribution in [0, 0.1) is 5.92 Å². The molecule has 6 heteroatoms. The van der Waals surface area contributed by atoms with Crippen LogP contribution in [0.1, 0.15) is 19.3 Å². The normalized spacial score (nSPS) is 17.3. The van der Waals surface area contributed by atoms with E-state index in [-0.39, 0.29) is 0 Å². The molecule has 2 aromatic heterocycles. The van der Waals surface area contributed by atoms with Crippen LogP contribution >= 0.6 is 0 Å². The van der Waals surface area contributed by atoms with Crippen molar-refractivity contribution in [1.82, 2.24) is 19.7 Å². The number of nitrogens with two attached hydrogens (primary N) is 1. The summed E-state index contributed by atoms with van der Waals surface area (Å²) in [6.45, 7) is 2.89. The summed E-state index contributed by atoms with van der Waals surface area (Å²) in [5.41, 5.74) is 6.53. The lowest BCUT2D eigenvalue weighted by Crippen LogP contribution is -2.35. The fraction of sp³-hybridized carbons (Fsp3) is 0.615. The Morgan fingerprint density at radius 2 is 2.11 bits per heavy atom. The Balaban J connectivity index is 1.82. The molecule has 1 fully saturated rings. The molecule has 6 nitrogen and oxygen atoms in total. The van der Waals surface area contributed by atoms with E-state index in [9.17, 15) is 0 Å². The van der Waals surface area contributed by atoms with Crippen LogP contribution in [0.4, 0.5) is 5.82 Å². The number of aryl methyl sites for hydroxylation is 1. The molecular weight excluding hydrogens is 240 g/mol. The molecule has 0 atom stereocenters. The Hall–Kier alpha value is -1.69. The predicted octanol–water partition coefficient (Wildman–Crippen LogP) is 0.929. The van der Waals surface area contributed by atoms with Crippen molar-refractivity contribution in [2.24, 2.45) is 18.7 Å². The highest BCUT2D eigenvalue weighted by atomic mass is 15.3. The maximum absolute atomic E-state index is 5.64. The fourth-order valence-corrected chi connectivity index (χ4v) is 2.87. The van der Waals surface area contributed by atoms with E-state index >= 15 is 0 Å². The van der Waals surface area contributed by atoms with Crippen LogP contribution in [0.15, 0.2) is 12.5 Å². The number of aromatic nitrogens is 4. The zero-order valence-electron chi connectivity index (χ0n) is 11.3. The van der Waals surface area contributed by atoms with Crippen molar-refractivity contribution in [2.45, 2.75) is 19.3 Å². The van der Waals surface area contributed by atoms with E-state index in [1.807, 2.05) is 13.2 Å². The molecule has 0 spiro atoms. The molecule has 0 radical (unpaired) electrons. The molecule has 0 unspecified atom stereocenters. The molecule has 3 rings (SSSR count). The molecule has 2 aromatic rings. The molecule has 0 saturated carbocycles. The van der Waals surface area contributed by atoms with Crippen LogP contribution in [0.2, 0.25) is 0 Å². The number of nitrogens with zero attached hydrogens (tertiary/aromatic N) is 5. The highest BCUT2D eigenvalue weighted by Gasteiger charge is 2.21. The molecule has 0 amide bonds. The maximum atomic E-state index is 5.64. The smallest absolute Gasteiger partial charge is 0.163 e. The van der Waals surface area contributed by atoms with Crippen LogP contribution in [-0.2, 0) is 7.05 Å². The van der Waals surface area contributed by atoms with Gasteiger partial charge in [0.05, 0.1) is 11.6 Å². The molecule has 3 heterocycles. The number of fused-ring (bicyclic) bond motifs is 1. The standard InChI is InChI=1S/C13H20N6/c1-18-12-11(8-17-18)13(16-9-15-12)19-6-3-10(2-5-14)4-7-19/h8-10H,2-7,14H2,1H3. The number of hydrogen-bond acceptors (Lipinski definition) is 5. The Morgan fingerprint density at radius 1 is 1.32 bits per heavy atom. The fourth-order valence-electron chi connectivity index (χ4n) is 2.87. The van der Waals surface area contributed by atoms with E-state index in [4.69, 9.17) is 5.73 Å². The van der Waals surface area contributed by atoms with Gasteiger partial charge in [-0.3, -0.25) is 4.68 Å². The quantitative estimate of drug-likeness (QED) is 0.888. The second-order valence-corrected chi connectivity index (χ2v) is 5.21. The number of hydrogen-bond donors (Lipinski definition) is 1. The molecule has 102 valence electrons. The van der Waals surface area contributed by atoms with Gasteiger partial charge in [0.2, 0.25) is 0 Å².